The molecule has 90 valence electrons. The number of aryl methyl sites for hydroxylation is 1. The van der Waals surface area contributed by atoms with Crippen molar-refractivity contribution in [1.82, 2.24) is 0 Å². The third-order valence-corrected chi connectivity index (χ3v) is 4.69. The quantitative estimate of drug-likeness (QED) is 0.571. The van der Waals surface area contributed by atoms with Gasteiger partial charge < -0.3 is 0 Å². The molecule has 0 radical (unpaired) electrons. The predicted octanol–water partition coefficient (Wildman–Crippen LogP) is 3.87. The second-order valence-corrected chi connectivity index (χ2v) is 6.27. The van der Waals surface area contributed by atoms with E-state index in [-0.39, 0.29) is 10.7 Å². The molecular formula is C11H12ClF3Se. The molecule has 0 saturated carbocycles. The van der Waals surface area contributed by atoms with Crippen molar-refractivity contribution in [3.8, 4) is 0 Å². The van der Waals surface area contributed by atoms with Gasteiger partial charge in [-0.2, -0.15) is 0 Å². The Morgan fingerprint density at radius 1 is 1.19 bits per heavy atom. The van der Waals surface area contributed by atoms with Crippen LogP contribution in [-0.4, -0.2) is 25.4 Å². The first-order valence-corrected chi connectivity index (χ1v) is 7.36. The van der Waals surface area contributed by atoms with Crippen molar-refractivity contribution in [2.75, 3.05) is 0 Å². The maximum absolute atomic E-state index is 11.9. The molecule has 0 nitrogen and oxygen atoms in total. The Labute approximate surface area is 104 Å². The molecule has 0 amide bonds. The van der Waals surface area contributed by atoms with E-state index >= 15 is 0 Å². The van der Waals surface area contributed by atoms with E-state index in [0.29, 0.717) is 6.42 Å². The van der Waals surface area contributed by atoms with E-state index in [4.69, 9.17) is 11.6 Å². The molecule has 1 aromatic carbocycles. The van der Waals surface area contributed by atoms with E-state index in [1.807, 2.05) is 30.3 Å². The van der Waals surface area contributed by atoms with E-state index in [0.717, 1.165) is 12.0 Å². The summed E-state index contributed by atoms with van der Waals surface area (Å²) in [4.78, 5) is 0. The van der Waals surface area contributed by atoms with Crippen molar-refractivity contribution >= 4 is 26.6 Å². The standard InChI is InChI=1S/C11H12ClF3Se/c12-10(8-16-11(13,14)15)7-6-9-4-2-1-3-5-9/h1-5,10H,6-8H2. The SMILES string of the molecule is FC(F)(F)[Se]CC(Cl)CCc1ccccc1. The molecule has 1 atom stereocenters. The van der Waals surface area contributed by atoms with Crippen LogP contribution >= 0.6 is 11.6 Å². The molecule has 16 heavy (non-hydrogen) atoms. The Balaban J connectivity index is 2.23. The summed E-state index contributed by atoms with van der Waals surface area (Å²) < 4.78 is 35.8. The van der Waals surface area contributed by atoms with Crippen molar-refractivity contribution in [3.63, 3.8) is 0 Å². The fourth-order valence-corrected chi connectivity index (χ4v) is 2.80. The molecule has 0 bridgehead atoms. The number of alkyl halides is 4. The van der Waals surface area contributed by atoms with Crippen LogP contribution in [-0.2, 0) is 6.42 Å². The van der Waals surface area contributed by atoms with E-state index < -0.39 is 20.0 Å². The molecule has 0 heterocycles. The van der Waals surface area contributed by atoms with E-state index in [1.54, 1.807) is 0 Å². The zero-order valence-corrected chi connectivity index (χ0v) is 11.0. The summed E-state index contributed by atoms with van der Waals surface area (Å²) in [6.07, 6.45) is 1.34. The summed E-state index contributed by atoms with van der Waals surface area (Å²) in [5.74, 6) is 0. The van der Waals surface area contributed by atoms with Crippen LogP contribution in [0.3, 0.4) is 0 Å². The summed E-state index contributed by atoms with van der Waals surface area (Å²) in [7, 11) is 0. The normalized spacial score (nSPS) is 13.8. The van der Waals surface area contributed by atoms with Crippen LogP contribution in [0.25, 0.3) is 0 Å². The van der Waals surface area contributed by atoms with Crippen molar-refractivity contribution in [3.05, 3.63) is 35.9 Å². The summed E-state index contributed by atoms with van der Waals surface area (Å²) in [6, 6.07) is 9.65. The van der Waals surface area contributed by atoms with Crippen LogP contribution < -0.4 is 0 Å². The molecule has 0 fully saturated rings. The van der Waals surface area contributed by atoms with Gasteiger partial charge in [-0.3, -0.25) is 0 Å². The zero-order valence-electron chi connectivity index (χ0n) is 8.51. The fraction of sp³-hybridized carbons (Fsp3) is 0.455. The first-order valence-electron chi connectivity index (χ1n) is 4.86. The van der Waals surface area contributed by atoms with Gasteiger partial charge in [0, 0.05) is 0 Å². The van der Waals surface area contributed by atoms with E-state index in [2.05, 4.69) is 0 Å². The van der Waals surface area contributed by atoms with Gasteiger partial charge in [0.25, 0.3) is 0 Å². The van der Waals surface area contributed by atoms with Crippen molar-refractivity contribution in [2.24, 2.45) is 0 Å². The van der Waals surface area contributed by atoms with Crippen LogP contribution in [0.15, 0.2) is 30.3 Å². The number of halogens is 4. The molecule has 0 aromatic heterocycles. The zero-order chi connectivity index (χ0) is 12.0. The van der Waals surface area contributed by atoms with Crippen LogP contribution in [0.4, 0.5) is 13.2 Å². The molecule has 0 aliphatic carbocycles. The Kier molecular flexibility index (Phi) is 5.67. The second kappa shape index (κ2) is 6.53. The molecule has 0 aliphatic heterocycles. The molecule has 1 aromatic rings. The average Bonchev–Trinajstić information content (AvgIpc) is 2.24. The van der Waals surface area contributed by atoms with Gasteiger partial charge in [-0.1, -0.05) is 0 Å². The Hall–Kier alpha value is -0.181. The van der Waals surface area contributed by atoms with Crippen LogP contribution in [0.5, 0.6) is 0 Å². The van der Waals surface area contributed by atoms with Gasteiger partial charge in [0.15, 0.2) is 0 Å². The fourth-order valence-electron chi connectivity index (χ4n) is 1.24. The van der Waals surface area contributed by atoms with Gasteiger partial charge in [0.1, 0.15) is 0 Å². The Morgan fingerprint density at radius 2 is 1.81 bits per heavy atom. The van der Waals surface area contributed by atoms with Gasteiger partial charge in [-0.15, -0.1) is 0 Å². The van der Waals surface area contributed by atoms with Crippen LogP contribution in [0.1, 0.15) is 12.0 Å². The molecule has 0 spiro atoms. The maximum atomic E-state index is 11.9. The van der Waals surface area contributed by atoms with Crippen molar-refractivity contribution < 1.29 is 13.2 Å². The van der Waals surface area contributed by atoms with Gasteiger partial charge >= 0.3 is 104 Å². The first-order chi connectivity index (χ1) is 7.47. The molecule has 0 saturated heterocycles. The minimum absolute atomic E-state index is 0.0604. The third-order valence-electron chi connectivity index (χ3n) is 2.02. The average molecular weight is 316 g/mol. The van der Waals surface area contributed by atoms with Gasteiger partial charge in [0.2, 0.25) is 0 Å². The summed E-state index contributed by atoms with van der Waals surface area (Å²) in [5.41, 5.74) is 1.12. The summed E-state index contributed by atoms with van der Waals surface area (Å²) in [5, 5.41) is -4.35. The number of hydrogen-bond donors (Lipinski definition) is 0. The molecule has 0 aliphatic rings. The molecule has 5 heteroatoms. The summed E-state index contributed by atoms with van der Waals surface area (Å²) >= 11 is 4.50. The molecule has 0 N–H and O–H groups in total. The third kappa shape index (κ3) is 6.41. The first kappa shape index (κ1) is 13.9. The van der Waals surface area contributed by atoms with Crippen LogP contribution in [0, 0.1) is 0 Å². The molecular weight excluding hydrogens is 304 g/mol. The molecule has 1 rings (SSSR count). The number of hydrogen-bond acceptors (Lipinski definition) is 0. The van der Waals surface area contributed by atoms with Crippen molar-refractivity contribution in [1.29, 1.82) is 0 Å². The predicted molar refractivity (Wildman–Crippen MR) is 61.0 cm³/mol. The van der Waals surface area contributed by atoms with E-state index in [9.17, 15) is 13.2 Å². The summed E-state index contributed by atoms with van der Waals surface area (Å²) in [6.45, 7) is 0. The van der Waals surface area contributed by atoms with Crippen LogP contribution in [0.2, 0.25) is 5.32 Å². The molecule has 1 unspecified atom stereocenters. The second-order valence-electron chi connectivity index (χ2n) is 3.38. The Bertz CT molecular complexity index is 300. The van der Waals surface area contributed by atoms with Gasteiger partial charge in [-0.05, 0) is 0 Å². The van der Waals surface area contributed by atoms with Gasteiger partial charge in [-0.25, -0.2) is 0 Å². The topological polar surface area (TPSA) is 0 Å². The monoisotopic (exact) mass is 316 g/mol. The number of rotatable bonds is 5. The number of benzene rings is 1. The van der Waals surface area contributed by atoms with E-state index in [1.165, 1.54) is 0 Å². The Morgan fingerprint density at radius 3 is 2.38 bits per heavy atom. The van der Waals surface area contributed by atoms with Crippen molar-refractivity contribution in [2.45, 2.75) is 28.6 Å². The minimum atomic E-state index is -4.03. The van der Waals surface area contributed by atoms with Gasteiger partial charge in [0.05, 0.1) is 0 Å².